The Kier molecular flexibility index (Phi) is 10.2. The first-order chi connectivity index (χ1) is 21.3. The Morgan fingerprint density at radius 2 is 1.77 bits per heavy atom. The number of aliphatic imine (C=N–C) groups is 1. The van der Waals surface area contributed by atoms with Gasteiger partial charge >= 0.3 is 0 Å². The fraction of sp³-hybridized carbons (Fsp3) is 0.361. The summed E-state index contributed by atoms with van der Waals surface area (Å²) in [4.78, 5) is 18.3. The van der Waals surface area contributed by atoms with Gasteiger partial charge in [0.05, 0.1) is 23.1 Å². The number of Topliss-reactive ketones (excluding diaryl/α,β-unsaturated/α-hetero) is 1. The molecule has 3 aromatic carbocycles. The van der Waals surface area contributed by atoms with Crippen molar-refractivity contribution < 1.29 is 23.4 Å². The Morgan fingerprint density at radius 1 is 1.00 bits per heavy atom. The molecule has 3 atom stereocenters. The molecule has 3 aromatic rings. The summed E-state index contributed by atoms with van der Waals surface area (Å²) in [5, 5.41) is 10.2. The molecule has 1 heterocycles. The molecule has 5 rings (SSSR count). The summed E-state index contributed by atoms with van der Waals surface area (Å²) in [6.45, 7) is 6.91. The summed E-state index contributed by atoms with van der Waals surface area (Å²) in [6, 6.07) is 20.1. The minimum atomic E-state index is -0.550. The quantitative estimate of drug-likeness (QED) is 0.206. The van der Waals surface area contributed by atoms with E-state index in [4.69, 9.17) is 19.2 Å². The van der Waals surface area contributed by atoms with E-state index in [1.165, 1.54) is 12.1 Å². The van der Waals surface area contributed by atoms with Crippen molar-refractivity contribution in [3.05, 3.63) is 98.9 Å². The van der Waals surface area contributed by atoms with E-state index in [2.05, 4.69) is 28.9 Å². The second kappa shape index (κ2) is 14.2. The van der Waals surface area contributed by atoms with Crippen LogP contribution in [0.2, 0.25) is 0 Å². The summed E-state index contributed by atoms with van der Waals surface area (Å²) in [7, 11) is 0. The fourth-order valence-corrected chi connectivity index (χ4v) is 6.65. The molecule has 44 heavy (non-hydrogen) atoms. The summed E-state index contributed by atoms with van der Waals surface area (Å²) in [5.74, 6) is 0.859. The molecule has 0 N–H and O–H groups in total. The molecule has 3 unspecified atom stereocenters. The van der Waals surface area contributed by atoms with Crippen LogP contribution in [-0.4, -0.2) is 18.1 Å². The standard InChI is InChI=1S/C36H36BrFN2O4/c1-4-7-24-15-31-35(32(41)16-24)34(29(19-39)22(3)40-31)26-17-30(37)36(33(18-26)42-5-2)44-21-25-8-6-9-28(14-25)43-20-23-10-12-27(38)13-11-23/h6,8-14,17-18,24,29,34H,4-5,7,15-16,20-21H2,1-3H3. The van der Waals surface area contributed by atoms with Gasteiger partial charge in [-0.25, -0.2) is 4.39 Å². The molecule has 8 heteroatoms. The highest BCUT2D eigenvalue weighted by molar-refractivity contribution is 9.10. The van der Waals surface area contributed by atoms with Gasteiger partial charge in [0.15, 0.2) is 17.3 Å². The number of carbonyl (C=O) groups excluding carboxylic acids is 1. The van der Waals surface area contributed by atoms with Crippen LogP contribution in [0, 0.1) is 29.0 Å². The first-order valence-corrected chi connectivity index (χ1v) is 15.9. The number of nitrogens with zero attached hydrogens (tertiary/aromatic N) is 2. The molecular weight excluding hydrogens is 623 g/mol. The highest BCUT2D eigenvalue weighted by Gasteiger charge is 2.41. The average Bonchev–Trinajstić information content (AvgIpc) is 3.00. The molecule has 0 saturated carbocycles. The maximum Gasteiger partial charge on any atom is 0.175 e. The second-order valence-corrected chi connectivity index (χ2v) is 12.2. The van der Waals surface area contributed by atoms with Crippen LogP contribution in [-0.2, 0) is 18.0 Å². The van der Waals surface area contributed by atoms with Gasteiger partial charge in [-0.05, 0) is 102 Å². The molecule has 6 nitrogen and oxygen atoms in total. The van der Waals surface area contributed by atoms with Gasteiger partial charge < -0.3 is 14.2 Å². The summed E-state index contributed by atoms with van der Waals surface area (Å²) in [6.07, 6.45) is 3.25. The third-order valence-corrected chi connectivity index (χ3v) is 8.69. The van der Waals surface area contributed by atoms with Crippen LogP contribution in [0.3, 0.4) is 0 Å². The SMILES string of the molecule is CCCC1CC(=O)C2=C(C1)N=C(C)C(C#N)C2c1cc(Br)c(OCc2cccc(OCc3ccc(F)cc3)c2)c(OCC)c1. The van der Waals surface area contributed by atoms with Crippen LogP contribution < -0.4 is 14.2 Å². The average molecular weight is 660 g/mol. The van der Waals surface area contributed by atoms with E-state index in [-0.39, 0.29) is 24.1 Å². The number of benzene rings is 3. The van der Waals surface area contributed by atoms with Crippen LogP contribution in [0.15, 0.2) is 81.4 Å². The molecule has 228 valence electrons. The van der Waals surface area contributed by atoms with Gasteiger partial charge in [-0.3, -0.25) is 9.79 Å². The van der Waals surface area contributed by atoms with Crippen molar-refractivity contribution in [2.45, 2.75) is 65.6 Å². The van der Waals surface area contributed by atoms with Crippen LogP contribution >= 0.6 is 15.9 Å². The Balaban J connectivity index is 1.39. The van der Waals surface area contributed by atoms with Gasteiger partial charge in [0, 0.05) is 29.3 Å². The van der Waals surface area contributed by atoms with Crippen LogP contribution in [0.1, 0.15) is 69.1 Å². The predicted octanol–water partition coefficient (Wildman–Crippen LogP) is 8.88. The molecule has 0 bridgehead atoms. The number of hydrogen-bond donors (Lipinski definition) is 0. The topological polar surface area (TPSA) is 80.9 Å². The van der Waals surface area contributed by atoms with E-state index in [0.29, 0.717) is 46.9 Å². The van der Waals surface area contributed by atoms with E-state index >= 15 is 0 Å². The van der Waals surface area contributed by atoms with Crippen molar-refractivity contribution in [1.82, 2.24) is 0 Å². The van der Waals surface area contributed by atoms with Crippen LogP contribution in [0.25, 0.3) is 0 Å². The normalized spacial score (nSPS) is 19.6. The van der Waals surface area contributed by atoms with E-state index in [1.54, 1.807) is 12.1 Å². The van der Waals surface area contributed by atoms with Crippen molar-refractivity contribution in [3.8, 4) is 23.3 Å². The second-order valence-electron chi connectivity index (χ2n) is 11.3. The predicted molar refractivity (Wildman–Crippen MR) is 171 cm³/mol. The third-order valence-electron chi connectivity index (χ3n) is 8.10. The zero-order chi connectivity index (χ0) is 31.2. The maximum atomic E-state index is 13.5. The molecule has 0 spiro atoms. The van der Waals surface area contributed by atoms with Gasteiger partial charge in [-0.2, -0.15) is 5.26 Å². The van der Waals surface area contributed by atoms with Crippen LogP contribution in [0.4, 0.5) is 4.39 Å². The minimum Gasteiger partial charge on any atom is -0.490 e. The Hall–Kier alpha value is -3.96. The summed E-state index contributed by atoms with van der Waals surface area (Å²) < 4.78 is 32.1. The molecule has 1 aliphatic carbocycles. The molecule has 1 aliphatic heterocycles. The Morgan fingerprint density at radius 3 is 2.50 bits per heavy atom. The number of carbonyl (C=O) groups is 1. The van der Waals surface area contributed by atoms with Crippen molar-refractivity contribution >= 4 is 27.4 Å². The van der Waals surface area contributed by atoms with Crippen molar-refractivity contribution in [1.29, 1.82) is 5.26 Å². The van der Waals surface area contributed by atoms with Crippen molar-refractivity contribution in [2.24, 2.45) is 16.8 Å². The molecule has 0 fully saturated rings. The van der Waals surface area contributed by atoms with Crippen molar-refractivity contribution in [3.63, 3.8) is 0 Å². The zero-order valence-corrected chi connectivity index (χ0v) is 26.8. The maximum absolute atomic E-state index is 13.5. The van der Waals surface area contributed by atoms with Gasteiger partial charge in [0.1, 0.15) is 24.8 Å². The largest absolute Gasteiger partial charge is 0.490 e. The third kappa shape index (κ3) is 7.05. The highest BCUT2D eigenvalue weighted by atomic mass is 79.9. The number of hydrogen-bond acceptors (Lipinski definition) is 6. The highest BCUT2D eigenvalue weighted by Crippen LogP contribution is 2.48. The minimum absolute atomic E-state index is 0.0853. The lowest BCUT2D eigenvalue weighted by molar-refractivity contribution is -0.117. The first kappa shape index (κ1) is 31.5. The number of ether oxygens (including phenoxy) is 3. The van der Waals surface area contributed by atoms with Gasteiger partial charge in [0.25, 0.3) is 0 Å². The Labute approximate surface area is 266 Å². The van der Waals surface area contributed by atoms with Crippen LogP contribution in [0.5, 0.6) is 17.2 Å². The smallest absolute Gasteiger partial charge is 0.175 e. The number of nitriles is 1. The van der Waals surface area contributed by atoms with E-state index < -0.39 is 11.8 Å². The van der Waals surface area contributed by atoms with E-state index in [9.17, 15) is 14.4 Å². The van der Waals surface area contributed by atoms with Crippen molar-refractivity contribution in [2.75, 3.05) is 6.61 Å². The number of halogens is 2. The lowest BCUT2D eigenvalue weighted by Crippen LogP contribution is -2.32. The summed E-state index contributed by atoms with van der Waals surface area (Å²) >= 11 is 3.70. The monoisotopic (exact) mass is 658 g/mol. The van der Waals surface area contributed by atoms with E-state index in [1.807, 2.05) is 50.2 Å². The van der Waals surface area contributed by atoms with Gasteiger partial charge in [-0.15, -0.1) is 0 Å². The summed E-state index contributed by atoms with van der Waals surface area (Å²) in [5.41, 5.74) is 4.80. The van der Waals surface area contributed by atoms with E-state index in [0.717, 1.165) is 47.4 Å². The zero-order valence-electron chi connectivity index (χ0n) is 25.2. The molecule has 2 aliphatic rings. The lowest BCUT2D eigenvalue weighted by atomic mass is 9.70. The fourth-order valence-electron chi connectivity index (χ4n) is 6.08. The molecule has 0 radical (unpaired) electrons. The first-order valence-electron chi connectivity index (χ1n) is 15.1. The number of ketones is 1. The molecular formula is C36H36BrFN2O4. The molecule has 0 saturated heterocycles. The Bertz CT molecular complexity index is 1630. The number of rotatable bonds is 11. The lowest BCUT2D eigenvalue weighted by Gasteiger charge is -2.35. The molecule has 0 amide bonds. The van der Waals surface area contributed by atoms with Gasteiger partial charge in [-0.1, -0.05) is 37.6 Å². The number of allylic oxidation sites excluding steroid dienone is 2. The molecule has 0 aromatic heterocycles. The van der Waals surface area contributed by atoms with Gasteiger partial charge in [0.2, 0.25) is 0 Å².